The fourth-order valence-corrected chi connectivity index (χ4v) is 8.95. The molecule has 0 saturated heterocycles. The van der Waals surface area contributed by atoms with E-state index in [1.54, 1.807) is 0 Å². The number of hydrogen-bond acceptors (Lipinski definition) is 1. The third-order valence-electron chi connectivity index (χ3n) is 10.4. The molecule has 0 heterocycles. The molecule has 0 aromatic rings. The van der Waals surface area contributed by atoms with Crippen molar-refractivity contribution in [1.82, 2.24) is 0 Å². The second-order valence-corrected chi connectivity index (χ2v) is 12.3. The van der Waals surface area contributed by atoms with E-state index < -0.39 is 5.60 Å². The SMILES string of the molecule is CC(C)CC=C[C@](C)(O)[C@H]1CC[C@H]2[C@@H]3CCC4CCCC[C@]4(C)[C@H]3CC[C@@]21C. The number of aliphatic hydroxyl groups is 1. The fraction of sp³-hybridized carbons (Fsp3) is 0.926. The van der Waals surface area contributed by atoms with Crippen molar-refractivity contribution < 1.29 is 5.11 Å². The summed E-state index contributed by atoms with van der Waals surface area (Å²) >= 11 is 0. The van der Waals surface area contributed by atoms with Gasteiger partial charge in [-0.1, -0.05) is 52.7 Å². The van der Waals surface area contributed by atoms with Crippen LogP contribution in [0.2, 0.25) is 0 Å². The Morgan fingerprint density at radius 2 is 1.68 bits per heavy atom. The van der Waals surface area contributed by atoms with Gasteiger partial charge in [0.05, 0.1) is 5.60 Å². The van der Waals surface area contributed by atoms with Crippen LogP contribution in [0.25, 0.3) is 0 Å². The molecular formula is C27H46O. The number of hydrogen-bond donors (Lipinski definition) is 1. The van der Waals surface area contributed by atoms with E-state index >= 15 is 0 Å². The van der Waals surface area contributed by atoms with E-state index in [9.17, 15) is 5.11 Å². The van der Waals surface area contributed by atoms with Gasteiger partial charge in [-0.15, -0.1) is 0 Å². The predicted molar refractivity (Wildman–Crippen MR) is 119 cm³/mol. The van der Waals surface area contributed by atoms with Gasteiger partial charge in [0, 0.05) is 0 Å². The van der Waals surface area contributed by atoms with Crippen LogP contribution < -0.4 is 0 Å². The first kappa shape index (κ1) is 21.0. The van der Waals surface area contributed by atoms with Crippen LogP contribution >= 0.6 is 0 Å². The molecule has 4 aliphatic rings. The summed E-state index contributed by atoms with van der Waals surface area (Å²) in [4.78, 5) is 0. The van der Waals surface area contributed by atoms with E-state index in [0.717, 1.165) is 30.1 Å². The minimum atomic E-state index is -0.642. The fourth-order valence-electron chi connectivity index (χ4n) is 8.95. The Kier molecular flexibility index (Phi) is 5.56. The van der Waals surface area contributed by atoms with Gasteiger partial charge in [-0.25, -0.2) is 0 Å². The molecule has 0 aliphatic heterocycles. The van der Waals surface area contributed by atoms with Crippen LogP contribution in [0, 0.1) is 46.3 Å². The molecule has 0 amide bonds. The van der Waals surface area contributed by atoms with Crippen molar-refractivity contribution >= 4 is 0 Å². The van der Waals surface area contributed by atoms with Crippen LogP contribution in [0.4, 0.5) is 0 Å². The van der Waals surface area contributed by atoms with Crippen LogP contribution in [0.15, 0.2) is 12.2 Å². The zero-order valence-corrected chi connectivity index (χ0v) is 19.3. The number of allylic oxidation sites excluding steroid dienone is 1. The highest BCUT2D eigenvalue weighted by atomic mass is 16.3. The van der Waals surface area contributed by atoms with Gasteiger partial charge in [-0.3, -0.25) is 0 Å². The highest BCUT2D eigenvalue weighted by molar-refractivity contribution is 5.15. The van der Waals surface area contributed by atoms with Crippen LogP contribution in [-0.4, -0.2) is 10.7 Å². The summed E-state index contributed by atoms with van der Waals surface area (Å²) in [5.41, 5.74) is 0.322. The van der Waals surface area contributed by atoms with Crippen molar-refractivity contribution in [3.8, 4) is 0 Å². The van der Waals surface area contributed by atoms with Gasteiger partial charge < -0.3 is 5.11 Å². The zero-order chi connectivity index (χ0) is 20.2. The van der Waals surface area contributed by atoms with Gasteiger partial charge >= 0.3 is 0 Å². The van der Waals surface area contributed by atoms with Crippen LogP contribution in [-0.2, 0) is 0 Å². The van der Waals surface area contributed by atoms with Gasteiger partial charge in [0.2, 0.25) is 0 Å². The largest absolute Gasteiger partial charge is 0.386 e. The lowest BCUT2D eigenvalue weighted by Gasteiger charge is -2.61. The standard InChI is InChI=1S/C27H46O/c1-19(2)9-8-17-27(5,28)24-14-13-22-21-12-11-20-10-6-7-16-25(20,3)23(21)15-18-26(22,24)4/h8,17,19-24,28H,6-7,9-16,18H2,1-5H3/t20?,21-,22-,23-,24-,25-,26-,27-/m0/s1. The molecular weight excluding hydrogens is 340 g/mol. The molecule has 1 unspecified atom stereocenters. The summed E-state index contributed by atoms with van der Waals surface area (Å²) in [6, 6.07) is 0. The van der Waals surface area contributed by atoms with Gasteiger partial charge in [0.1, 0.15) is 0 Å². The molecule has 28 heavy (non-hydrogen) atoms. The molecule has 1 N–H and O–H groups in total. The lowest BCUT2D eigenvalue weighted by Crippen LogP contribution is -2.54. The number of rotatable bonds is 4. The van der Waals surface area contributed by atoms with Gasteiger partial charge in [-0.2, -0.15) is 0 Å². The van der Waals surface area contributed by atoms with E-state index in [1.807, 2.05) is 0 Å². The first-order chi connectivity index (χ1) is 13.2. The summed E-state index contributed by atoms with van der Waals surface area (Å²) in [5.74, 6) is 4.85. The van der Waals surface area contributed by atoms with E-state index in [4.69, 9.17) is 0 Å². The predicted octanol–water partition coefficient (Wildman–Crippen LogP) is 7.39. The molecule has 4 aliphatic carbocycles. The van der Waals surface area contributed by atoms with E-state index in [2.05, 4.69) is 46.8 Å². The van der Waals surface area contributed by atoms with Crippen molar-refractivity contribution in [2.24, 2.45) is 46.3 Å². The molecule has 4 rings (SSSR count). The number of fused-ring (bicyclic) bond motifs is 5. The second-order valence-electron chi connectivity index (χ2n) is 12.3. The highest BCUT2D eigenvalue weighted by Gasteiger charge is 2.61. The molecule has 0 spiro atoms. The van der Waals surface area contributed by atoms with Crippen LogP contribution in [0.5, 0.6) is 0 Å². The van der Waals surface area contributed by atoms with Crippen LogP contribution in [0.1, 0.15) is 105 Å². The maximum absolute atomic E-state index is 11.5. The van der Waals surface area contributed by atoms with Crippen molar-refractivity contribution in [2.75, 3.05) is 0 Å². The van der Waals surface area contributed by atoms with E-state index in [-0.39, 0.29) is 0 Å². The summed E-state index contributed by atoms with van der Waals surface area (Å²) in [6.45, 7) is 11.9. The Morgan fingerprint density at radius 1 is 0.929 bits per heavy atom. The first-order valence-corrected chi connectivity index (χ1v) is 12.6. The molecule has 4 fully saturated rings. The van der Waals surface area contributed by atoms with E-state index in [1.165, 1.54) is 64.2 Å². The molecule has 160 valence electrons. The zero-order valence-electron chi connectivity index (χ0n) is 19.3. The Labute approximate surface area is 174 Å². The normalized spacial score (nSPS) is 48.2. The quantitative estimate of drug-likeness (QED) is 0.499. The summed E-state index contributed by atoms with van der Waals surface area (Å²) in [7, 11) is 0. The van der Waals surface area contributed by atoms with Crippen molar-refractivity contribution in [2.45, 2.75) is 111 Å². The van der Waals surface area contributed by atoms with Gasteiger partial charge in [-0.05, 0) is 111 Å². The third-order valence-corrected chi connectivity index (χ3v) is 10.4. The Hall–Kier alpha value is -0.300. The highest BCUT2D eigenvalue weighted by Crippen LogP contribution is 2.68. The lowest BCUT2D eigenvalue weighted by atomic mass is 9.44. The molecule has 0 aromatic heterocycles. The molecule has 4 saturated carbocycles. The molecule has 0 radical (unpaired) electrons. The third kappa shape index (κ3) is 3.32. The van der Waals surface area contributed by atoms with Crippen molar-refractivity contribution in [3.63, 3.8) is 0 Å². The summed E-state index contributed by atoms with van der Waals surface area (Å²) in [6.07, 6.45) is 19.7. The topological polar surface area (TPSA) is 20.2 Å². The minimum Gasteiger partial charge on any atom is -0.386 e. The summed E-state index contributed by atoms with van der Waals surface area (Å²) < 4.78 is 0. The lowest BCUT2D eigenvalue weighted by molar-refractivity contribution is -0.126. The molecule has 1 nitrogen and oxygen atoms in total. The van der Waals surface area contributed by atoms with Gasteiger partial charge in [0.25, 0.3) is 0 Å². The second kappa shape index (κ2) is 7.44. The Bertz CT molecular complexity index is 589. The maximum atomic E-state index is 11.5. The average molecular weight is 387 g/mol. The van der Waals surface area contributed by atoms with Crippen molar-refractivity contribution in [1.29, 1.82) is 0 Å². The molecule has 0 bridgehead atoms. The smallest absolute Gasteiger partial charge is 0.0832 e. The maximum Gasteiger partial charge on any atom is 0.0832 e. The minimum absolute atomic E-state index is 0.338. The average Bonchev–Trinajstić information content (AvgIpc) is 2.99. The summed E-state index contributed by atoms with van der Waals surface area (Å²) in [5, 5.41) is 11.5. The van der Waals surface area contributed by atoms with Crippen molar-refractivity contribution in [3.05, 3.63) is 12.2 Å². The van der Waals surface area contributed by atoms with Crippen LogP contribution in [0.3, 0.4) is 0 Å². The Morgan fingerprint density at radius 3 is 2.43 bits per heavy atom. The van der Waals surface area contributed by atoms with E-state index in [0.29, 0.717) is 22.7 Å². The Balaban J connectivity index is 1.54. The van der Waals surface area contributed by atoms with Gasteiger partial charge in [0.15, 0.2) is 0 Å². The monoisotopic (exact) mass is 386 g/mol. The molecule has 1 heteroatoms. The molecule has 0 aromatic carbocycles. The molecule has 8 atom stereocenters. The first-order valence-electron chi connectivity index (χ1n) is 12.6.